The van der Waals surface area contributed by atoms with Crippen molar-refractivity contribution in [1.82, 2.24) is 4.98 Å². The van der Waals surface area contributed by atoms with Gasteiger partial charge in [0.05, 0.1) is 29.4 Å². The summed E-state index contributed by atoms with van der Waals surface area (Å²) in [6, 6.07) is 0. The highest BCUT2D eigenvalue weighted by atomic mass is 16.3. The Bertz CT molecular complexity index is 1120. The summed E-state index contributed by atoms with van der Waals surface area (Å²) < 4.78 is 5.85. The third kappa shape index (κ3) is 5.64. The molecule has 0 amide bonds. The highest BCUT2D eigenvalue weighted by Gasteiger charge is 2.54. The fraction of sp³-hybridized carbons (Fsp3) is 0.676. The monoisotopic (exact) mass is 535 g/mol. The molecule has 5 heteroatoms. The van der Waals surface area contributed by atoms with Crippen molar-refractivity contribution in [2.75, 3.05) is 0 Å². The second kappa shape index (κ2) is 11.5. The minimum absolute atomic E-state index is 0.244. The van der Waals surface area contributed by atoms with Crippen LogP contribution in [0.4, 0.5) is 0 Å². The first kappa shape index (κ1) is 28.6. The van der Waals surface area contributed by atoms with Crippen molar-refractivity contribution in [3.63, 3.8) is 0 Å². The topological polar surface area (TPSA) is 86.7 Å². The summed E-state index contributed by atoms with van der Waals surface area (Å²) in [6.07, 6.45) is 20.7. The molecule has 4 saturated carbocycles. The van der Waals surface area contributed by atoms with E-state index in [1.165, 1.54) is 31.3 Å². The number of unbranched alkanes of at least 4 members (excludes halogenated alkanes) is 1. The van der Waals surface area contributed by atoms with Gasteiger partial charge in [0.2, 0.25) is 5.89 Å². The Morgan fingerprint density at radius 1 is 1.18 bits per heavy atom. The molecule has 5 rings (SSSR count). The average Bonchev–Trinajstić information content (AvgIpc) is 3.44. The summed E-state index contributed by atoms with van der Waals surface area (Å²) in [6.45, 7) is 11.1. The number of nitrogens with zero attached hydrogens (tertiary/aromatic N) is 1. The number of rotatable bonds is 9. The van der Waals surface area contributed by atoms with E-state index in [1.54, 1.807) is 6.26 Å². The van der Waals surface area contributed by atoms with Crippen molar-refractivity contribution < 1.29 is 19.7 Å². The Kier molecular flexibility index (Phi) is 8.43. The zero-order valence-corrected chi connectivity index (χ0v) is 24.2. The van der Waals surface area contributed by atoms with Crippen LogP contribution in [0.1, 0.15) is 103 Å². The second-order valence-electron chi connectivity index (χ2n) is 13.3. The van der Waals surface area contributed by atoms with E-state index >= 15 is 0 Å². The molecule has 4 aliphatic rings. The van der Waals surface area contributed by atoms with Crippen LogP contribution in [0.3, 0.4) is 0 Å². The van der Waals surface area contributed by atoms with Crippen molar-refractivity contribution in [1.29, 1.82) is 0 Å². The largest absolute Gasteiger partial charge is 0.448 e. The molecule has 5 nitrogen and oxygen atoms in total. The number of allylic oxidation sites excluding steroid dienone is 4. The predicted molar refractivity (Wildman–Crippen MR) is 155 cm³/mol. The maximum absolute atomic E-state index is 11.2. The lowest BCUT2D eigenvalue weighted by atomic mass is 9.61. The molecule has 0 bridgehead atoms. The molecule has 0 unspecified atom stereocenters. The Labute approximate surface area is 234 Å². The standard InChI is InChI=1S/C34H49NO4/c1-5-6-9-26-21-39-32(35-26)34(17-18-34)31(38)15-10-22(2)28-13-14-29-24(8-7-16-33(28,29)4)11-12-25-19-27(36)20-30(37)23(25)3/h10-12,15,21-22,27-31,36-38H,3,5-9,13-14,16-20H2,1-2,4H3/t22-,27+,28+,29-,30-,31+,33+/m0/s1. The maximum atomic E-state index is 11.2. The van der Waals surface area contributed by atoms with Gasteiger partial charge in [-0.05, 0) is 98.5 Å². The number of aromatic nitrogens is 1. The lowest BCUT2D eigenvalue weighted by Gasteiger charge is -2.44. The van der Waals surface area contributed by atoms with Crippen LogP contribution in [0.15, 0.2) is 58.3 Å². The number of hydrogen-bond donors (Lipinski definition) is 3. The normalized spacial score (nSPS) is 36.0. The first-order chi connectivity index (χ1) is 18.7. The predicted octanol–water partition coefficient (Wildman–Crippen LogP) is 6.74. The molecule has 4 fully saturated rings. The lowest BCUT2D eigenvalue weighted by Crippen LogP contribution is -2.35. The molecular formula is C34H49NO4. The molecule has 1 aromatic heterocycles. The van der Waals surface area contributed by atoms with Crippen molar-refractivity contribution >= 4 is 0 Å². The number of aliphatic hydroxyl groups is 3. The van der Waals surface area contributed by atoms with Crippen molar-refractivity contribution in [2.24, 2.45) is 23.2 Å². The van der Waals surface area contributed by atoms with Crippen molar-refractivity contribution in [3.8, 4) is 0 Å². The highest BCUT2D eigenvalue weighted by molar-refractivity contribution is 5.38. The molecule has 0 spiro atoms. The van der Waals surface area contributed by atoms with Crippen LogP contribution in [-0.4, -0.2) is 38.6 Å². The summed E-state index contributed by atoms with van der Waals surface area (Å²) >= 11 is 0. The minimum Gasteiger partial charge on any atom is -0.448 e. The first-order valence-corrected chi connectivity index (χ1v) is 15.4. The first-order valence-electron chi connectivity index (χ1n) is 15.4. The van der Waals surface area contributed by atoms with Gasteiger partial charge in [0, 0.05) is 6.42 Å². The van der Waals surface area contributed by atoms with Crippen LogP contribution < -0.4 is 0 Å². The van der Waals surface area contributed by atoms with Gasteiger partial charge in [0.15, 0.2) is 0 Å². The summed E-state index contributed by atoms with van der Waals surface area (Å²) in [4.78, 5) is 4.74. The third-order valence-electron chi connectivity index (χ3n) is 10.7. The Morgan fingerprint density at radius 3 is 2.72 bits per heavy atom. The Morgan fingerprint density at radius 2 is 1.97 bits per heavy atom. The average molecular weight is 536 g/mol. The van der Waals surface area contributed by atoms with Crippen LogP contribution >= 0.6 is 0 Å². The fourth-order valence-electron chi connectivity index (χ4n) is 7.99. The quantitative estimate of drug-likeness (QED) is 0.305. The zero-order valence-electron chi connectivity index (χ0n) is 24.2. The van der Waals surface area contributed by atoms with Crippen LogP contribution in [0.5, 0.6) is 0 Å². The van der Waals surface area contributed by atoms with Crippen LogP contribution in [-0.2, 0) is 11.8 Å². The minimum atomic E-state index is -0.643. The molecule has 4 aliphatic carbocycles. The van der Waals surface area contributed by atoms with Crippen molar-refractivity contribution in [2.45, 2.75) is 122 Å². The maximum Gasteiger partial charge on any atom is 0.203 e. The summed E-state index contributed by atoms with van der Waals surface area (Å²) in [5, 5.41) is 31.6. The van der Waals surface area contributed by atoms with Gasteiger partial charge in [-0.3, -0.25) is 0 Å². The third-order valence-corrected chi connectivity index (χ3v) is 10.7. The number of fused-ring (bicyclic) bond motifs is 1. The van der Waals surface area contributed by atoms with Gasteiger partial charge in [0.25, 0.3) is 0 Å². The number of hydrogen-bond acceptors (Lipinski definition) is 5. The molecule has 39 heavy (non-hydrogen) atoms. The summed E-state index contributed by atoms with van der Waals surface area (Å²) in [5.41, 5.74) is 4.16. The van der Waals surface area contributed by atoms with Crippen LogP contribution in [0, 0.1) is 23.2 Å². The molecule has 0 aromatic carbocycles. The van der Waals surface area contributed by atoms with E-state index in [-0.39, 0.29) is 10.8 Å². The van der Waals surface area contributed by atoms with Crippen LogP contribution in [0.2, 0.25) is 0 Å². The molecular weight excluding hydrogens is 486 g/mol. The zero-order chi connectivity index (χ0) is 27.8. The van der Waals surface area contributed by atoms with E-state index in [2.05, 4.69) is 45.6 Å². The van der Waals surface area contributed by atoms with Gasteiger partial charge < -0.3 is 19.7 Å². The molecule has 3 N–H and O–H groups in total. The highest BCUT2D eigenvalue weighted by Crippen LogP contribution is 2.60. The second-order valence-corrected chi connectivity index (χ2v) is 13.3. The van der Waals surface area contributed by atoms with Gasteiger partial charge in [-0.15, -0.1) is 0 Å². The van der Waals surface area contributed by atoms with Gasteiger partial charge >= 0.3 is 0 Å². The molecule has 0 radical (unpaired) electrons. The van der Waals surface area contributed by atoms with E-state index in [1.807, 2.05) is 6.08 Å². The smallest absolute Gasteiger partial charge is 0.203 e. The van der Waals surface area contributed by atoms with Gasteiger partial charge in [-0.2, -0.15) is 0 Å². The van der Waals surface area contributed by atoms with Crippen LogP contribution in [0.25, 0.3) is 0 Å². The van der Waals surface area contributed by atoms with Gasteiger partial charge in [-0.25, -0.2) is 4.98 Å². The fourth-order valence-corrected chi connectivity index (χ4v) is 7.99. The van der Waals surface area contributed by atoms with Gasteiger partial charge in [0.1, 0.15) is 6.26 Å². The summed E-state index contributed by atoms with van der Waals surface area (Å²) in [7, 11) is 0. The van der Waals surface area contributed by atoms with Crippen molar-refractivity contribution in [3.05, 3.63) is 65.5 Å². The summed E-state index contributed by atoms with van der Waals surface area (Å²) in [5.74, 6) is 2.23. The van der Waals surface area contributed by atoms with E-state index < -0.39 is 18.3 Å². The SMILES string of the molecule is C=C1C(=CC=C2CCC[C@]3(C)[C@@H]([C@@H](C)C=C[C@@H](O)C4(c5nc(CCCC)co5)CC4)CC[C@@H]23)C[C@@H](O)C[C@@H]1O. The molecule has 1 aromatic rings. The van der Waals surface area contributed by atoms with E-state index in [4.69, 9.17) is 9.40 Å². The number of oxazole rings is 1. The Hall–Kier alpha value is -1.95. The molecule has 1 heterocycles. The number of aliphatic hydroxyl groups excluding tert-OH is 3. The molecule has 214 valence electrons. The van der Waals surface area contributed by atoms with E-state index in [0.29, 0.717) is 36.5 Å². The van der Waals surface area contributed by atoms with E-state index in [9.17, 15) is 15.3 Å². The Balaban J connectivity index is 1.26. The van der Waals surface area contributed by atoms with Gasteiger partial charge in [-0.1, -0.05) is 63.6 Å². The van der Waals surface area contributed by atoms with E-state index in [0.717, 1.165) is 55.4 Å². The molecule has 0 saturated heterocycles. The number of aryl methyl sites for hydroxylation is 1. The lowest BCUT2D eigenvalue weighted by molar-refractivity contribution is 0.0862. The molecule has 7 atom stereocenters. The molecule has 0 aliphatic heterocycles.